The van der Waals surface area contributed by atoms with Crippen LogP contribution in [0, 0.1) is 13.8 Å². The van der Waals surface area contributed by atoms with Crippen LogP contribution in [-0.2, 0) is 0 Å². The first-order valence-corrected chi connectivity index (χ1v) is 13.4. The molecule has 39 heavy (non-hydrogen) atoms. The molecule has 0 aliphatic carbocycles. The molecule has 0 saturated carbocycles. The minimum Gasteiger partial charge on any atom is -0.310 e. The summed E-state index contributed by atoms with van der Waals surface area (Å²) < 4.78 is 0. The molecule has 0 aromatic heterocycles. The van der Waals surface area contributed by atoms with Crippen LogP contribution in [0.3, 0.4) is 0 Å². The van der Waals surface area contributed by atoms with Gasteiger partial charge in [0.2, 0.25) is 0 Å². The number of benzene rings is 6. The standard InChI is InChI=1S/C38H31N/c1-28-11-15-31(16-12-28)33-19-23-36(24-20-33)39(38-10-6-9-35(27-38)30-7-4-3-5-8-30)37-25-21-34(22-26-37)32-17-13-29(2)14-18-32/h3-27H,1-2H3. The van der Waals surface area contributed by atoms with Crippen LogP contribution in [0.15, 0.2) is 152 Å². The average Bonchev–Trinajstić information content (AvgIpc) is 3.00. The Balaban J connectivity index is 1.41. The molecule has 1 heteroatoms. The quantitative estimate of drug-likeness (QED) is 0.219. The van der Waals surface area contributed by atoms with Gasteiger partial charge in [-0.15, -0.1) is 0 Å². The van der Waals surface area contributed by atoms with Gasteiger partial charge in [0.25, 0.3) is 0 Å². The SMILES string of the molecule is Cc1ccc(-c2ccc(N(c3ccc(-c4ccc(C)cc4)cc3)c3cccc(-c4ccccc4)c3)cc2)cc1. The molecular formula is C38H31N. The molecule has 0 fully saturated rings. The zero-order valence-electron chi connectivity index (χ0n) is 22.4. The Morgan fingerprint density at radius 1 is 0.308 bits per heavy atom. The number of hydrogen-bond donors (Lipinski definition) is 0. The van der Waals surface area contributed by atoms with Gasteiger partial charge in [-0.25, -0.2) is 0 Å². The molecule has 0 radical (unpaired) electrons. The highest BCUT2D eigenvalue weighted by Crippen LogP contribution is 2.38. The van der Waals surface area contributed by atoms with Gasteiger partial charge in [-0.3, -0.25) is 0 Å². The third-order valence-corrected chi connectivity index (χ3v) is 7.23. The summed E-state index contributed by atoms with van der Waals surface area (Å²) in [6.07, 6.45) is 0. The fraction of sp³-hybridized carbons (Fsp3) is 0.0526. The molecule has 0 unspecified atom stereocenters. The van der Waals surface area contributed by atoms with E-state index < -0.39 is 0 Å². The van der Waals surface area contributed by atoms with E-state index in [4.69, 9.17) is 0 Å². The van der Waals surface area contributed by atoms with Crippen LogP contribution in [0.1, 0.15) is 11.1 Å². The van der Waals surface area contributed by atoms with Crippen molar-refractivity contribution < 1.29 is 0 Å². The Hall–Kier alpha value is -4.88. The maximum atomic E-state index is 2.34. The molecule has 188 valence electrons. The van der Waals surface area contributed by atoms with Crippen molar-refractivity contribution in [2.75, 3.05) is 4.90 Å². The largest absolute Gasteiger partial charge is 0.310 e. The second kappa shape index (κ2) is 10.8. The maximum absolute atomic E-state index is 2.34. The molecule has 0 saturated heterocycles. The van der Waals surface area contributed by atoms with Crippen LogP contribution < -0.4 is 4.90 Å². The Labute approximate surface area is 231 Å². The molecule has 0 aliphatic rings. The molecule has 0 N–H and O–H groups in total. The molecule has 0 atom stereocenters. The van der Waals surface area contributed by atoms with Crippen molar-refractivity contribution in [3.8, 4) is 33.4 Å². The van der Waals surface area contributed by atoms with Crippen LogP contribution >= 0.6 is 0 Å². The van der Waals surface area contributed by atoms with Crippen molar-refractivity contribution in [1.29, 1.82) is 0 Å². The number of aryl methyl sites for hydroxylation is 2. The van der Waals surface area contributed by atoms with Crippen molar-refractivity contribution in [2.45, 2.75) is 13.8 Å². The maximum Gasteiger partial charge on any atom is 0.0467 e. The van der Waals surface area contributed by atoms with Crippen LogP contribution in [0.5, 0.6) is 0 Å². The fourth-order valence-electron chi connectivity index (χ4n) is 5.00. The highest BCUT2D eigenvalue weighted by molar-refractivity contribution is 5.82. The third-order valence-electron chi connectivity index (χ3n) is 7.23. The number of anilines is 3. The number of rotatable bonds is 6. The van der Waals surface area contributed by atoms with Crippen molar-refractivity contribution in [2.24, 2.45) is 0 Å². The molecule has 1 nitrogen and oxygen atoms in total. The minimum atomic E-state index is 1.12. The van der Waals surface area contributed by atoms with Gasteiger partial charge in [0, 0.05) is 17.1 Å². The lowest BCUT2D eigenvalue weighted by molar-refractivity contribution is 1.28. The average molecular weight is 502 g/mol. The summed E-state index contributed by atoms with van der Waals surface area (Å²) in [5, 5.41) is 0. The number of hydrogen-bond acceptors (Lipinski definition) is 1. The van der Waals surface area contributed by atoms with E-state index in [-0.39, 0.29) is 0 Å². The Morgan fingerprint density at radius 3 is 1.15 bits per heavy atom. The predicted molar refractivity (Wildman–Crippen MR) is 167 cm³/mol. The van der Waals surface area contributed by atoms with Gasteiger partial charge in [-0.05, 0) is 83.6 Å². The molecule has 6 aromatic carbocycles. The minimum absolute atomic E-state index is 1.12. The fourth-order valence-corrected chi connectivity index (χ4v) is 5.00. The third kappa shape index (κ3) is 5.39. The summed E-state index contributed by atoms with van der Waals surface area (Å²) in [5.74, 6) is 0. The predicted octanol–water partition coefficient (Wildman–Crippen LogP) is 10.8. The first-order valence-electron chi connectivity index (χ1n) is 13.4. The smallest absolute Gasteiger partial charge is 0.0467 e. The van der Waals surface area contributed by atoms with Gasteiger partial charge in [0.05, 0.1) is 0 Å². The zero-order valence-corrected chi connectivity index (χ0v) is 22.4. The Kier molecular flexibility index (Phi) is 6.80. The zero-order chi connectivity index (χ0) is 26.6. The molecule has 6 rings (SSSR count). The van der Waals surface area contributed by atoms with E-state index >= 15 is 0 Å². The summed E-state index contributed by atoms with van der Waals surface area (Å²) in [5.41, 5.74) is 13.2. The lowest BCUT2D eigenvalue weighted by Crippen LogP contribution is -2.10. The van der Waals surface area contributed by atoms with E-state index in [9.17, 15) is 0 Å². The van der Waals surface area contributed by atoms with Gasteiger partial charge >= 0.3 is 0 Å². The second-order valence-electron chi connectivity index (χ2n) is 10.1. The lowest BCUT2D eigenvalue weighted by Gasteiger charge is -2.26. The van der Waals surface area contributed by atoms with E-state index in [1.165, 1.54) is 44.5 Å². The summed E-state index contributed by atoms with van der Waals surface area (Å²) in [4.78, 5) is 2.34. The van der Waals surface area contributed by atoms with Gasteiger partial charge in [0.1, 0.15) is 0 Å². The van der Waals surface area contributed by atoms with Crippen LogP contribution in [0.25, 0.3) is 33.4 Å². The molecule has 6 aromatic rings. The summed E-state index contributed by atoms with van der Waals surface area (Å²) in [6.45, 7) is 4.25. The van der Waals surface area contributed by atoms with E-state index in [0.717, 1.165) is 17.1 Å². The van der Waals surface area contributed by atoms with Crippen molar-refractivity contribution in [1.82, 2.24) is 0 Å². The Morgan fingerprint density at radius 2 is 0.692 bits per heavy atom. The first kappa shape index (κ1) is 24.5. The van der Waals surface area contributed by atoms with Gasteiger partial charge < -0.3 is 4.90 Å². The van der Waals surface area contributed by atoms with E-state index in [1.54, 1.807) is 0 Å². The summed E-state index contributed by atoms with van der Waals surface area (Å²) in [6, 6.07) is 54.5. The van der Waals surface area contributed by atoms with Crippen molar-refractivity contribution in [3.05, 3.63) is 163 Å². The number of nitrogens with zero attached hydrogens (tertiary/aromatic N) is 1. The molecule has 0 aliphatic heterocycles. The molecule has 0 amide bonds. The molecule has 0 spiro atoms. The van der Waals surface area contributed by atoms with Crippen LogP contribution in [0.2, 0.25) is 0 Å². The summed E-state index contributed by atoms with van der Waals surface area (Å²) >= 11 is 0. The van der Waals surface area contributed by atoms with E-state index in [0.29, 0.717) is 0 Å². The molecule has 0 heterocycles. The molecule has 0 bridgehead atoms. The lowest BCUT2D eigenvalue weighted by atomic mass is 10.0. The molecular weight excluding hydrogens is 470 g/mol. The first-order chi connectivity index (χ1) is 19.1. The van der Waals surface area contributed by atoms with Crippen LogP contribution in [-0.4, -0.2) is 0 Å². The van der Waals surface area contributed by atoms with Crippen LogP contribution in [0.4, 0.5) is 17.1 Å². The van der Waals surface area contributed by atoms with Crippen molar-refractivity contribution >= 4 is 17.1 Å². The summed E-state index contributed by atoms with van der Waals surface area (Å²) in [7, 11) is 0. The Bertz CT molecular complexity index is 1570. The topological polar surface area (TPSA) is 3.24 Å². The highest BCUT2D eigenvalue weighted by Gasteiger charge is 2.14. The van der Waals surface area contributed by atoms with E-state index in [2.05, 4.69) is 170 Å². The second-order valence-corrected chi connectivity index (χ2v) is 10.1. The normalized spacial score (nSPS) is 10.8. The van der Waals surface area contributed by atoms with Crippen molar-refractivity contribution in [3.63, 3.8) is 0 Å². The van der Waals surface area contributed by atoms with E-state index in [1.807, 2.05) is 0 Å². The van der Waals surface area contributed by atoms with Gasteiger partial charge in [-0.1, -0.05) is 126 Å². The monoisotopic (exact) mass is 501 g/mol. The van der Waals surface area contributed by atoms with Gasteiger partial charge in [0.15, 0.2) is 0 Å². The van der Waals surface area contributed by atoms with Gasteiger partial charge in [-0.2, -0.15) is 0 Å². The highest BCUT2D eigenvalue weighted by atomic mass is 15.1.